The first-order valence-corrected chi connectivity index (χ1v) is 12.9. The Labute approximate surface area is 212 Å². The van der Waals surface area contributed by atoms with Gasteiger partial charge in [0.15, 0.2) is 11.5 Å². The molecule has 0 aliphatic rings. The van der Waals surface area contributed by atoms with Gasteiger partial charge >= 0.3 is 16.1 Å². The molecule has 0 radical (unpaired) electrons. The first-order valence-electron chi connectivity index (χ1n) is 11.5. The van der Waals surface area contributed by atoms with Gasteiger partial charge in [0.2, 0.25) is 0 Å². The van der Waals surface area contributed by atoms with E-state index in [1.807, 2.05) is 45.9 Å². The number of para-hydroxylation sites is 1. The highest BCUT2D eigenvalue weighted by atomic mass is 32.2. The second-order valence-electron chi connectivity index (χ2n) is 8.95. The molecule has 7 nitrogen and oxygen atoms in total. The summed E-state index contributed by atoms with van der Waals surface area (Å²) in [5, 5.41) is 3.01. The Morgan fingerprint density at radius 3 is 2.22 bits per heavy atom. The third-order valence-electron chi connectivity index (χ3n) is 5.49. The Hall–Kier alpha value is -3.59. The number of ether oxygens (including phenoxy) is 1. The van der Waals surface area contributed by atoms with Gasteiger partial charge in [-0.1, -0.05) is 38.1 Å². The van der Waals surface area contributed by atoms with Gasteiger partial charge < -0.3 is 19.1 Å². The lowest BCUT2D eigenvalue weighted by Crippen LogP contribution is -2.37. The third kappa shape index (κ3) is 6.75. The first kappa shape index (κ1) is 27.0. The number of halogens is 1. The smallest absolute Gasteiger partial charge is 0.339 e. The van der Waals surface area contributed by atoms with E-state index in [4.69, 9.17) is 8.92 Å². The molecule has 0 saturated heterocycles. The highest BCUT2D eigenvalue weighted by Gasteiger charge is 2.22. The molecule has 1 N–H and O–H groups in total. The van der Waals surface area contributed by atoms with Crippen LogP contribution in [0, 0.1) is 25.6 Å². The average Bonchev–Trinajstić information content (AvgIpc) is 2.81. The molecule has 0 atom stereocenters. The lowest BCUT2D eigenvalue weighted by Gasteiger charge is -2.26. The summed E-state index contributed by atoms with van der Waals surface area (Å²) in [6, 6.07) is 14.7. The Bertz CT molecular complexity index is 1300. The van der Waals surface area contributed by atoms with Crippen molar-refractivity contribution in [2.75, 3.05) is 19.0 Å². The Morgan fingerprint density at radius 1 is 1.00 bits per heavy atom. The zero-order chi connectivity index (χ0) is 26.5. The second-order valence-corrected chi connectivity index (χ2v) is 10.5. The van der Waals surface area contributed by atoms with Crippen LogP contribution in [0.2, 0.25) is 0 Å². The van der Waals surface area contributed by atoms with Gasteiger partial charge in [-0.2, -0.15) is 8.42 Å². The van der Waals surface area contributed by atoms with Crippen LogP contribution in [0.25, 0.3) is 0 Å². The fourth-order valence-corrected chi connectivity index (χ4v) is 4.66. The molecule has 36 heavy (non-hydrogen) atoms. The van der Waals surface area contributed by atoms with Crippen molar-refractivity contribution in [3.05, 3.63) is 83.2 Å². The van der Waals surface area contributed by atoms with E-state index < -0.39 is 15.9 Å². The molecule has 0 fully saturated rings. The maximum atomic E-state index is 13.2. The van der Waals surface area contributed by atoms with E-state index in [-0.39, 0.29) is 34.9 Å². The molecule has 0 spiro atoms. The number of carbonyl (C=O) groups is 1. The lowest BCUT2D eigenvalue weighted by molar-refractivity contribution is 0.201. The molecule has 9 heteroatoms. The van der Waals surface area contributed by atoms with Crippen LogP contribution < -0.4 is 14.2 Å². The van der Waals surface area contributed by atoms with Crippen LogP contribution in [-0.2, 0) is 16.7 Å². The molecule has 0 aromatic heterocycles. The number of carbonyl (C=O) groups excluding carboxylic acids is 1. The van der Waals surface area contributed by atoms with Gasteiger partial charge in [0.05, 0.1) is 7.11 Å². The number of urea groups is 1. The van der Waals surface area contributed by atoms with Crippen molar-refractivity contribution in [2.24, 2.45) is 5.92 Å². The summed E-state index contributed by atoms with van der Waals surface area (Å²) < 4.78 is 49.4. The number of nitrogens with zero attached hydrogens (tertiary/aromatic N) is 1. The topological polar surface area (TPSA) is 84.9 Å². The molecule has 3 aromatic rings. The molecule has 3 rings (SSSR count). The van der Waals surface area contributed by atoms with Crippen LogP contribution in [0.4, 0.5) is 14.9 Å². The summed E-state index contributed by atoms with van der Waals surface area (Å²) in [6.07, 6.45) is 0. The van der Waals surface area contributed by atoms with Gasteiger partial charge in [-0.05, 0) is 72.9 Å². The van der Waals surface area contributed by atoms with Gasteiger partial charge in [-0.15, -0.1) is 0 Å². The van der Waals surface area contributed by atoms with Crippen molar-refractivity contribution in [1.82, 2.24) is 4.90 Å². The minimum atomic E-state index is -4.23. The Kier molecular flexibility index (Phi) is 8.57. The number of amides is 2. The van der Waals surface area contributed by atoms with Crippen molar-refractivity contribution in [3.63, 3.8) is 0 Å². The molecule has 0 unspecified atom stereocenters. The molecule has 0 saturated carbocycles. The number of benzene rings is 3. The standard InChI is InChI=1S/C27H31FN2O5S/c1-18(2)16-30(27(31)29-26-19(3)7-6-8-20(26)4)17-21-9-14-24(34-5)25(15-21)35-36(32,33)23-12-10-22(28)11-13-23/h6-15,18H,16-17H2,1-5H3,(H,29,31). The maximum absolute atomic E-state index is 13.2. The van der Waals surface area contributed by atoms with Gasteiger partial charge in [-0.3, -0.25) is 0 Å². The number of rotatable bonds is 9. The van der Waals surface area contributed by atoms with Crippen LogP contribution >= 0.6 is 0 Å². The van der Waals surface area contributed by atoms with Crippen LogP contribution in [0.3, 0.4) is 0 Å². The summed E-state index contributed by atoms with van der Waals surface area (Å²) in [6.45, 7) is 8.58. The maximum Gasteiger partial charge on any atom is 0.339 e. The number of aryl methyl sites for hydroxylation is 2. The molecule has 0 heterocycles. The number of hydrogen-bond donors (Lipinski definition) is 1. The van der Waals surface area contributed by atoms with Crippen molar-refractivity contribution in [1.29, 1.82) is 0 Å². The van der Waals surface area contributed by atoms with E-state index in [2.05, 4.69) is 5.32 Å². The van der Waals surface area contributed by atoms with E-state index in [0.29, 0.717) is 12.1 Å². The van der Waals surface area contributed by atoms with Crippen LogP contribution in [0.5, 0.6) is 11.5 Å². The van der Waals surface area contributed by atoms with Gasteiger partial charge in [0, 0.05) is 18.8 Å². The third-order valence-corrected chi connectivity index (χ3v) is 6.74. The molecular weight excluding hydrogens is 483 g/mol. The largest absolute Gasteiger partial charge is 0.493 e. The highest BCUT2D eigenvalue weighted by Crippen LogP contribution is 2.31. The molecule has 0 bridgehead atoms. The highest BCUT2D eigenvalue weighted by molar-refractivity contribution is 7.87. The van der Waals surface area contributed by atoms with E-state index in [0.717, 1.165) is 41.1 Å². The van der Waals surface area contributed by atoms with Crippen LogP contribution in [0.1, 0.15) is 30.5 Å². The fraction of sp³-hybridized carbons (Fsp3) is 0.296. The van der Waals surface area contributed by atoms with Crippen LogP contribution in [0.15, 0.2) is 65.6 Å². The zero-order valence-corrected chi connectivity index (χ0v) is 21.9. The number of anilines is 1. The normalized spacial score (nSPS) is 11.3. The minimum Gasteiger partial charge on any atom is -0.493 e. The summed E-state index contributed by atoms with van der Waals surface area (Å²) in [7, 11) is -2.83. The Morgan fingerprint density at radius 2 is 1.64 bits per heavy atom. The number of methoxy groups -OCH3 is 1. The minimum absolute atomic E-state index is 0.0287. The monoisotopic (exact) mass is 514 g/mol. The van der Waals surface area contributed by atoms with Gasteiger partial charge in [-0.25, -0.2) is 9.18 Å². The second kappa shape index (κ2) is 11.4. The van der Waals surface area contributed by atoms with E-state index in [9.17, 15) is 17.6 Å². The lowest BCUT2D eigenvalue weighted by atomic mass is 10.1. The summed E-state index contributed by atoms with van der Waals surface area (Å²) in [5.74, 6) is -0.182. The van der Waals surface area contributed by atoms with Crippen molar-refractivity contribution >= 4 is 21.8 Å². The predicted octanol–water partition coefficient (Wildman–Crippen LogP) is 5.91. The Balaban J connectivity index is 1.87. The van der Waals surface area contributed by atoms with Crippen LogP contribution in [-0.4, -0.2) is 33.0 Å². The van der Waals surface area contributed by atoms with Gasteiger partial charge in [0.25, 0.3) is 0 Å². The van der Waals surface area contributed by atoms with Crippen molar-refractivity contribution < 1.29 is 26.5 Å². The van der Waals surface area contributed by atoms with E-state index in [1.54, 1.807) is 17.0 Å². The molecular formula is C27H31FN2O5S. The number of nitrogens with one attached hydrogen (secondary N) is 1. The SMILES string of the molecule is COc1ccc(CN(CC(C)C)C(=O)Nc2c(C)cccc2C)cc1OS(=O)(=O)c1ccc(F)cc1. The van der Waals surface area contributed by atoms with Crippen molar-refractivity contribution in [2.45, 2.75) is 39.1 Å². The van der Waals surface area contributed by atoms with Gasteiger partial charge in [0.1, 0.15) is 10.7 Å². The summed E-state index contributed by atoms with van der Waals surface area (Å²) in [4.78, 5) is 14.7. The molecule has 0 aliphatic heterocycles. The average molecular weight is 515 g/mol. The predicted molar refractivity (Wildman–Crippen MR) is 137 cm³/mol. The molecule has 192 valence electrons. The number of hydrogen-bond acceptors (Lipinski definition) is 5. The van der Waals surface area contributed by atoms with Crippen molar-refractivity contribution in [3.8, 4) is 11.5 Å². The van der Waals surface area contributed by atoms with E-state index >= 15 is 0 Å². The van der Waals surface area contributed by atoms with E-state index in [1.165, 1.54) is 13.2 Å². The zero-order valence-electron chi connectivity index (χ0n) is 21.0. The first-order chi connectivity index (χ1) is 17.0. The summed E-state index contributed by atoms with van der Waals surface area (Å²) in [5.41, 5.74) is 3.33. The molecule has 0 aliphatic carbocycles. The molecule has 3 aromatic carbocycles. The fourth-order valence-electron chi connectivity index (χ4n) is 3.73. The molecule has 2 amide bonds. The quantitative estimate of drug-likeness (QED) is 0.359. The summed E-state index contributed by atoms with van der Waals surface area (Å²) >= 11 is 0.